The van der Waals surface area contributed by atoms with Gasteiger partial charge < -0.3 is 10.1 Å². The molecule has 1 spiro atoms. The molecule has 22 heavy (non-hydrogen) atoms. The first-order valence-corrected chi connectivity index (χ1v) is 8.40. The molecule has 1 N–H and O–H groups in total. The third kappa shape index (κ3) is 2.52. The molecule has 1 aromatic carbocycles. The fourth-order valence-electron chi connectivity index (χ4n) is 3.44. The Kier molecular flexibility index (Phi) is 3.42. The number of nitrogens with one attached hydrogen (secondary N) is 1. The van der Waals surface area contributed by atoms with Crippen LogP contribution in [0.1, 0.15) is 19.3 Å². The number of fused-ring (bicyclic) bond motifs is 1. The smallest absolute Gasteiger partial charge is 0.229 e. The molecule has 2 aliphatic rings. The van der Waals surface area contributed by atoms with E-state index in [1.807, 2.05) is 24.3 Å². The van der Waals surface area contributed by atoms with Crippen LogP contribution >= 0.6 is 15.9 Å². The van der Waals surface area contributed by atoms with Crippen LogP contribution < -0.4 is 5.32 Å². The van der Waals surface area contributed by atoms with Gasteiger partial charge in [-0.3, -0.25) is 4.79 Å². The minimum Gasteiger partial charge on any atom is -0.381 e. The van der Waals surface area contributed by atoms with Crippen LogP contribution in [0.2, 0.25) is 0 Å². The Balaban J connectivity index is 1.50. The van der Waals surface area contributed by atoms with Crippen LogP contribution in [-0.2, 0) is 9.53 Å². The van der Waals surface area contributed by atoms with Crippen LogP contribution in [0.25, 0.3) is 10.8 Å². The molecule has 2 aromatic rings. The highest BCUT2D eigenvalue weighted by Gasteiger charge is 2.58. The highest BCUT2D eigenvalue weighted by Crippen LogP contribution is 2.59. The monoisotopic (exact) mass is 360 g/mol. The summed E-state index contributed by atoms with van der Waals surface area (Å²) in [5.74, 6) is 0.852. The van der Waals surface area contributed by atoms with Crippen LogP contribution in [-0.4, -0.2) is 24.1 Å². The number of nitrogens with zero attached hydrogens (tertiary/aromatic N) is 1. The Bertz CT molecular complexity index is 741. The number of benzene rings is 1. The van der Waals surface area contributed by atoms with Crippen LogP contribution in [0.3, 0.4) is 0 Å². The third-order valence-electron chi connectivity index (χ3n) is 4.93. The van der Waals surface area contributed by atoms with Crippen molar-refractivity contribution in [3.8, 4) is 0 Å². The van der Waals surface area contributed by atoms with Gasteiger partial charge in [-0.25, -0.2) is 4.98 Å². The van der Waals surface area contributed by atoms with Gasteiger partial charge >= 0.3 is 0 Å². The van der Waals surface area contributed by atoms with E-state index in [4.69, 9.17) is 4.74 Å². The number of aromatic nitrogens is 1. The maximum atomic E-state index is 12.4. The van der Waals surface area contributed by atoms with Crippen molar-refractivity contribution in [3.05, 3.63) is 34.9 Å². The number of carbonyl (C=O) groups excluding carboxylic acids is 1. The first-order chi connectivity index (χ1) is 10.7. The number of hydrogen-bond acceptors (Lipinski definition) is 3. The standard InChI is InChI=1S/C17H17BrN2O2/c18-13-2-1-11-10-19-15(8-12(11)7-13)20-16(21)14-9-17(14)3-5-22-6-4-17/h1-2,7-8,10,14H,3-6,9H2,(H,19,20,21). The van der Waals surface area contributed by atoms with E-state index in [1.54, 1.807) is 6.20 Å². The SMILES string of the molecule is O=C(Nc1cc2cc(Br)ccc2cn1)C1CC12CCOCC2. The molecule has 1 aromatic heterocycles. The quantitative estimate of drug-likeness (QED) is 0.886. The summed E-state index contributed by atoms with van der Waals surface area (Å²) in [6.07, 6.45) is 4.79. The topological polar surface area (TPSA) is 51.2 Å². The molecule has 1 saturated carbocycles. The lowest BCUT2D eigenvalue weighted by molar-refractivity contribution is -0.118. The Morgan fingerprint density at radius 3 is 2.91 bits per heavy atom. The van der Waals surface area contributed by atoms with E-state index in [1.165, 1.54) is 0 Å². The predicted molar refractivity (Wildman–Crippen MR) is 88.7 cm³/mol. The van der Waals surface area contributed by atoms with Gasteiger partial charge in [-0.15, -0.1) is 0 Å². The minimum absolute atomic E-state index is 0.101. The summed E-state index contributed by atoms with van der Waals surface area (Å²) in [5.41, 5.74) is 0.197. The number of pyridine rings is 1. The third-order valence-corrected chi connectivity index (χ3v) is 5.42. The second-order valence-corrected chi connectivity index (χ2v) is 7.20. The van der Waals surface area contributed by atoms with Crippen molar-refractivity contribution in [1.82, 2.24) is 4.98 Å². The molecule has 2 heterocycles. The van der Waals surface area contributed by atoms with E-state index in [0.717, 1.165) is 47.7 Å². The minimum atomic E-state index is 0.101. The van der Waals surface area contributed by atoms with E-state index in [9.17, 15) is 4.79 Å². The second-order valence-electron chi connectivity index (χ2n) is 6.28. The number of rotatable bonds is 2. The molecular formula is C17H17BrN2O2. The maximum absolute atomic E-state index is 12.4. The Labute approximate surface area is 137 Å². The van der Waals surface area contributed by atoms with Crippen LogP contribution in [0, 0.1) is 11.3 Å². The molecule has 4 nitrogen and oxygen atoms in total. The highest BCUT2D eigenvalue weighted by molar-refractivity contribution is 9.10. The van der Waals surface area contributed by atoms with Gasteiger partial charge in [0.05, 0.1) is 0 Å². The van der Waals surface area contributed by atoms with Crippen LogP contribution in [0.4, 0.5) is 5.82 Å². The first kappa shape index (κ1) is 14.2. The number of amides is 1. The normalized spacial score (nSPS) is 22.7. The number of anilines is 1. The van der Waals surface area contributed by atoms with Crippen molar-refractivity contribution in [3.63, 3.8) is 0 Å². The van der Waals surface area contributed by atoms with E-state index in [-0.39, 0.29) is 17.2 Å². The van der Waals surface area contributed by atoms with E-state index in [2.05, 4.69) is 26.2 Å². The van der Waals surface area contributed by atoms with Gasteiger partial charge in [0.1, 0.15) is 5.82 Å². The Morgan fingerprint density at radius 2 is 2.09 bits per heavy atom. The van der Waals surface area contributed by atoms with Crippen LogP contribution in [0.5, 0.6) is 0 Å². The average Bonchev–Trinajstić information content (AvgIpc) is 3.21. The molecule has 114 valence electrons. The summed E-state index contributed by atoms with van der Waals surface area (Å²) in [7, 11) is 0. The van der Waals surface area contributed by atoms with Crippen molar-refractivity contribution in [1.29, 1.82) is 0 Å². The molecule has 1 aliphatic heterocycles. The molecule has 1 saturated heterocycles. The molecule has 2 fully saturated rings. The lowest BCUT2D eigenvalue weighted by Gasteiger charge is -2.22. The predicted octanol–water partition coefficient (Wildman–Crippen LogP) is 3.75. The first-order valence-electron chi connectivity index (χ1n) is 7.60. The summed E-state index contributed by atoms with van der Waals surface area (Å²) < 4.78 is 6.42. The fourth-order valence-corrected chi connectivity index (χ4v) is 3.82. The zero-order valence-electron chi connectivity index (χ0n) is 12.1. The van der Waals surface area contributed by atoms with E-state index < -0.39 is 0 Å². The van der Waals surface area contributed by atoms with Crippen LogP contribution in [0.15, 0.2) is 34.9 Å². The lowest BCUT2D eigenvalue weighted by atomic mass is 9.93. The van der Waals surface area contributed by atoms with Gasteiger partial charge in [-0.05, 0) is 48.3 Å². The molecule has 1 aliphatic carbocycles. The lowest BCUT2D eigenvalue weighted by Crippen LogP contribution is -2.24. The zero-order valence-corrected chi connectivity index (χ0v) is 13.7. The summed E-state index contributed by atoms with van der Waals surface area (Å²) in [6, 6.07) is 7.96. The average molecular weight is 361 g/mol. The van der Waals surface area contributed by atoms with Crippen molar-refractivity contribution in [2.45, 2.75) is 19.3 Å². The summed E-state index contributed by atoms with van der Waals surface area (Å²) in [5, 5.41) is 5.11. The number of hydrogen-bond donors (Lipinski definition) is 1. The number of halogens is 1. The van der Waals surface area contributed by atoms with Gasteiger partial charge in [0.25, 0.3) is 0 Å². The number of ether oxygens (including phenoxy) is 1. The molecule has 0 bridgehead atoms. The number of carbonyl (C=O) groups is 1. The van der Waals surface area contributed by atoms with Gasteiger partial charge in [-0.2, -0.15) is 0 Å². The summed E-state index contributed by atoms with van der Waals surface area (Å²) in [4.78, 5) is 16.8. The largest absolute Gasteiger partial charge is 0.381 e. The Morgan fingerprint density at radius 1 is 1.27 bits per heavy atom. The zero-order chi connectivity index (χ0) is 15.2. The van der Waals surface area contributed by atoms with E-state index >= 15 is 0 Å². The summed E-state index contributed by atoms with van der Waals surface area (Å²) in [6.45, 7) is 1.57. The highest BCUT2D eigenvalue weighted by atomic mass is 79.9. The second kappa shape index (κ2) is 5.32. The van der Waals surface area contributed by atoms with Gasteiger partial charge in [-0.1, -0.05) is 22.0 Å². The molecule has 4 rings (SSSR count). The molecule has 0 radical (unpaired) electrons. The van der Waals surface area contributed by atoms with Gasteiger partial charge in [0.2, 0.25) is 5.91 Å². The molecule has 1 unspecified atom stereocenters. The van der Waals surface area contributed by atoms with Crippen molar-refractivity contribution in [2.75, 3.05) is 18.5 Å². The Hall–Kier alpha value is -1.46. The van der Waals surface area contributed by atoms with Crippen molar-refractivity contribution < 1.29 is 9.53 Å². The molecule has 5 heteroatoms. The van der Waals surface area contributed by atoms with Gasteiger partial charge in [0, 0.05) is 35.2 Å². The maximum Gasteiger partial charge on any atom is 0.229 e. The van der Waals surface area contributed by atoms with Crippen molar-refractivity contribution in [2.24, 2.45) is 11.3 Å². The molecule has 1 atom stereocenters. The summed E-state index contributed by atoms with van der Waals surface area (Å²) >= 11 is 3.47. The molecule has 1 amide bonds. The van der Waals surface area contributed by atoms with Crippen molar-refractivity contribution >= 4 is 38.4 Å². The van der Waals surface area contributed by atoms with E-state index in [0.29, 0.717) is 5.82 Å². The van der Waals surface area contributed by atoms with Gasteiger partial charge in [0.15, 0.2) is 0 Å². The molecular weight excluding hydrogens is 344 g/mol. The fraction of sp³-hybridized carbons (Fsp3) is 0.412.